The minimum absolute atomic E-state index is 0.0769. The molecule has 2 unspecified atom stereocenters. The van der Waals surface area contributed by atoms with E-state index in [0.29, 0.717) is 13.0 Å². The van der Waals surface area contributed by atoms with Crippen LogP contribution in [0, 0.1) is 0 Å². The number of likely N-dealkylation sites (N-methyl/N-ethyl adjacent to an activating group) is 1. The van der Waals surface area contributed by atoms with Gasteiger partial charge in [-0.25, -0.2) is 18.1 Å². The van der Waals surface area contributed by atoms with E-state index in [2.05, 4.69) is 15.7 Å². The number of amides is 2. The lowest BCUT2D eigenvalue weighted by atomic mass is 10.0. The lowest BCUT2D eigenvalue weighted by Crippen LogP contribution is -2.53. The molecule has 4 N–H and O–H groups in total. The van der Waals surface area contributed by atoms with Crippen LogP contribution < -0.4 is 15.5 Å². The number of aliphatic hydroxyl groups excluding tert-OH is 1. The van der Waals surface area contributed by atoms with Crippen LogP contribution in [0.5, 0.6) is 0 Å². The SMILES string of the molecule is CCN(CC(O)C(Cc1ccccc1)NC(=O)c1coc(NS(C)(=O)=O)n1)NC(C)=O. The van der Waals surface area contributed by atoms with Gasteiger partial charge in [-0.3, -0.25) is 15.0 Å². The van der Waals surface area contributed by atoms with E-state index in [0.717, 1.165) is 18.1 Å². The Morgan fingerprint density at radius 2 is 1.94 bits per heavy atom. The van der Waals surface area contributed by atoms with Crippen molar-refractivity contribution >= 4 is 27.9 Å². The van der Waals surface area contributed by atoms with Crippen molar-refractivity contribution in [2.24, 2.45) is 0 Å². The van der Waals surface area contributed by atoms with E-state index < -0.39 is 28.1 Å². The molecule has 2 amide bonds. The van der Waals surface area contributed by atoms with Crippen LogP contribution in [0.3, 0.4) is 0 Å². The van der Waals surface area contributed by atoms with Gasteiger partial charge in [0, 0.05) is 20.0 Å². The van der Waals surface area contributed by atoms with Crippen molar-refractivity contribution < 1.29 is 27.5 Å². The Labute approximate surface area is 180 Å². The molecule has 0 bridgehead atoms. The number of sulfonamides is 1. The molecule has 0 spiro atoms. The number of benzene rings is 1. The summed E-state index contributed by atoms with van der Waals surface area (Å²) in [5.41, 5.74) is 3.35. The standard InChI is InChI=1S/C19H27N5O6S/c1-4-24(22-13(2)25)11-17(26)15(10-14-8-6-5-7-9-14)20-18(27)16-12-30-19(21-16)23-31(3,28)29/h5-9,12,15,17,26H,4,10-11H2,1-3H3,(H,20,27)(H,21,23)(H,22,25). The number of aliphatic hydroxyl groups is 1. The van der Waals surface area contributed by atoms with Crippen LogP contribution in [-0.4, -0.2) is 66.8 Å². The number of nitrogens with zero attached hydrogens (tertiary/aromatic N) is 2. The quantitative estimate of drug-likeness (QED) is 0.350. The van der Waals surface area contributed by atoms with Crippen LogP contribution >= 0.6 is 0 Å². The molecule has 0 aliphatic rings. The van der Waals surface area contributed by atoms with Crippen molar-refractivity contribution in [2.45, 2.75) is 32.4 Å². The average molecular weight is 454 g/mol. The first-order chi connectivity index (χ1) is 14.6. The van der Waals surface area contributed by atoms with E-state index in [1.807, 2.05) is 42.0 Å². The first kappa shape index (κ1) is 24.3. The summed E-state index contributed by atoms with van der Waals surface area (Å²) >= 11 is 0. The largest absolute Gasteiger partial charge is 0.431 e. The van der Waals surface area contributed by atoms with Crippen molar-refractivity contribution in [1.82, 2.24) is 20.7 Å². The summed E-state index contributed by atoms with van der Waals surface area (Å²) in [6, 6.07) is 8.21. The number of carbonyl (C=O) groups excluding carboxylic acids is 2. The molecule has 0 fully saturated rings. The summed E-state index contributed by atoms with van der Waals surface area (Å²) in [5, 5.41) is 15.1. The molecule has 1 aromatic heterocycles. The number of anilines is 1. The normalized spacial score (nSPS) is 13.5. The van der Waals surface area contributed by atoms with Crippen molar-refractivity contribution in [3.05, 3.63) is 47.9 Å². The second kappa shape index (κ2) is 10.9. The predicted molar refractivity (Wildman–Crippen MR) is 113 cm³/mol. The number of carbonyl (C=O) groups is 2. The van der Waals surface area contributed by atoms with Gasteiger partial charge in [0.1, 0.15) is 6.26 Å². The summed E-state index contributed by atoms with van der Waals surface area (Å²) in [5.74, 6) is -0.918. The third-order valence-electron chi connectivity index (χ3n) is 4.19. The van der Waals surface area contributed by atoms with Gasteiger partial charge in [-0.15, -0.1) is 0 Å². The zero-order valence-corrected chi connectivity index (χ0v) is 18.3. The fraction of sp³-hybridized carbons (Fsp3) is 0.421. The van der Waals surface area contributed by atoms with Crippen LogP contribution in [0.4, 0.5) is 6.01 Å². The number of aromatic nitrogens is 1. The number of rotatable bonds is 11. The highest BCUT2D eigenvalue weighted by atomic mass is 32.2. The molecule has 0 saturated carbocycles. The number of oxazole rings is 1. The second-order valence-corrected chi connectivity index (χ2v) is 8.70. The van der Waals surface area contributed by atoms with Gasteiger partial charge in [-0.1, -0.05) is 37.3 Å². The van der Waals surface area contributed by atoms with Gasteiger partial charge in [-0.2, -0.15) is 4.98 Å². The fourth-order valence-corrected chi connectivity index (χ4v) is 3.22. The van der Waals surface area contributed by atoms with Crippen LogP contribution in [0.2, 0.25) is 0 Å². The molecular weight excluding hydrogens is 426 g/mol. The minimum atomic E-state index is -3.61. The fourth-order valence-electron chi connectivity index (χ4n) is 2.81. The Morgan fingerprint density at radius 3 is 2.52 bits per heavy atom. The number of nitrogens with one attached hydrogen (secondary N) is 3. The zero-order valence-electron chi connectivity index (χ0n) is 17.5. The lowest BCUT2D eigenvalue weighted by molar-refractivity contribution is -0.124. The monoisotopic (exact) mass is 453 g/mol. The topological polar surface area (TPSA) is 154 Å². The van der Waals surface area contributed by atoms with Gasteiger partial charge in [0.25, 0.3) is 5.91 Å². The number of hydrogen-bond donors (Lipinski definition) is 4. The Hall–Kier alpha value is -2.96. The molecular formula is C19H27N5O6S. The summed E-state index contributed by atoms with van der Waals surface area (Å²) in [4.78, 5) is 27.8. The smallest absolute Gasteiger partial charge is 0.309 e. The first-order valence-corrected chi connectivity index (χ1v) is 11.4. The third kappa shape index (κ3) is 8.36. The molecule has 2 atom stereocenters. The summed E-state index contributed by atoms with van der Waals surface area (Å²) < 4.78 is 29.6. The van der Waals surface area contributed by atoms with Gasteiger partial charge in [-0.05, 0) is 12.0 Å². The van der Waals surface area contributed by atoms with E-state index in [-0.39, 0.29) is 24.2 Å². The first-order valence-electron chi connectivity index (χ1n) is 9.55. The Kier molecular flexibility index (Phi) is 8.54. The molecule has 0 saturated heterocycles. The molecule has 1 heterocycles. The number of hydrogen-bond acceptors (Lipinski definition) is 8. The Morgan fingerprint density at radius 1 is 1.26 bits per heavy atom. The highest BCUT2D eigenvalue weighted by Gasteiger charge is 2.26. The molecule has 0 radical (unpaired) electrons. The maximum Gasteiger partial charge on any atom is 0.309 e. The zero-order chi connectivity index (χ0) is 23.0. The van der Waals surface area contributed by atoms with Gasteiger partial charge in [0.15, 0.2) is 5.69 Å². The highest BCUT2D eigenvalue weighted by Crippen LogP contribution is 2.12. The molecule has 0 aliphatic carbocycles. The van der Waals surface area contributed by atoms with Gasteiger partial charge in [0.05, 0.1) is 18.4 Å². The molecule has 170 valence electrons. The van der Waals surface area contributed by atoms with Gasteiger partial charge >= 0.3 is 6.01 Å². The molecule has 0 aliphatic heterocycles. The van der Waals surface area contributed by atoms with Gasteiger partial charge < -0.3 is 14.8 Å². The Balaban J connectivity index is 2.15. The van der Waals surface area contributed by atoms with Crippen LogP contribution in [0.1, 0.15) is 29.9 Å². The van der Waals surface area contributed by atoms with E-state index in [1.54, 1.807) is 5.01 Å². The van der Waals surface area contributed by atoms with Crippen molar-refractivity contribution in [1.29, 1.82) is 0 Å². The van der Waals surface area contributed by atoms with E-state index >= 15 is 0 Å². The van der Waals surface area contributed by atoms with E-state index in [1.165, 1.54) is 6.92 Å². The van der Waals surface area contributed by atoms with Crippen LogP contribution in [0.25, 0.3) is 0 Å². The molecule has 2 aromatic rings. The summed E-state index contributed by atoms with van der Waals surface area (Å²) in [7, 11) is -3.61. The maximum absolute atomic E-state index is 12.7. The predicted octanol–water partition coefficient (Wildman–Crippen LogP) is 0.121. The summed E-state index contributed by atoms with van der Waals surface area (Å²) in [6.07, 6.45) is 1.23. The Bertz CT molecular complexity index is 979. The van der Waals surface area contributed by atoms with Gasteiger partial charge in [0.2, 0.25) is 15.9 Å². The van der Waals surface area contributed by atoms with Crippen molar-refractivity contribution in [3.8, 4) is 0 Å². The lowest BCUT2D eigenvalue weighted by Gasteiger charge is -2.29. The van der Waals surface area contributed by atoms with Crippen molar-refractivity contribution in [3.63, 3.8) is 0 Å². The minimum Gasteiger partial charge on any atom is -0.431 e. The molecule has 11 nitrogen and oxygen atoms in total. The molecule has 2 rings (SSSR count). The maximum atomic E-state index is 12.7. The van der Waals surface area contributed by atoms with Crippen LogP contribution in [-0.2, 0) is 21.2 Å². The van der Waals surface area contributed by atoms with E-state index in [4.69, 9.17) is 4.42 Å². The average Bonchev–Trinajstić information content (AvgIpc) is 3.14. The molecule has 12 heteroatoms. The van der Waals surface area contributed by atoms with E-state index in [9.17, 15) is 23.1 Å². The summed E-state index contributed by atoms with van der Waals surface area (Å²) in [6.45, 7) is 3.71. The van der Waals surface area contributed by atoms with Crippen molar-refractivity contribution in [2.75, 3.05) is 24.1 Å². The second-order valence-electron chi connectivity index (χ2n) is 6.96. The highest BCUT2D eigenvalue weighted by molar-refractivity contribution is 7.91. The molecule has 31 heavy (non-hydrogen) atoms. The molecule has 1 aromatic carbocycles. The number of hydrazine groups is 1. The van der Waals surface area contributed by atoms with Crippen LogP contribution in [0.15, 0.2) is 41.0 Å². The third-order valence-corrected chi connectivity index (χ3v) is 4.74.